The smallest absolute Gasteiger partial charge is 0.245 e. The molecular formula is C62H82F2N10O8. The number of aromatic nitrogens is 2. The van der Waals surface area contributed by atoms with Crippen LogP contribution in [0.25, 0.3) is 0 Å². The fourth-order valence-corrected chi connectivity index (χ4v) is 10.4. The highest BCUT2D eigenvalue weighted by Crippen LogP contribution is 2.35. The van der Waals surface area contributed by atoms with E-state index in [-0.39, 0.29) is 59.1 Å². The predicted octanol–water partition coefficient (Wildman–Crippen LogP) is 7.12. The van der Waals surface area contributed by atoms with Crippen LogP contribution in [-0.2, 0) is 28.8 Å². The van der Waals surface area contributed by atoms with Crippen molar-refractivity contribution in [3.8, 4) is 0 Å². The Morgan fingerprint density at radius 3 is 1.27 bits per heavy atom. The fourth-order valence-electron chi connectivity index (χ4n) is 10.4. The monoisotopic (exact) mass is 1130 g/mol. The topological polar surface area (TPSA) is 241 Å². The van der Waals surface area contributed by atoms with Gasteiger partial charge in [-0.15, -0.1) is 0 Å². The molecule has 6 rings (SSSR count). The average Bonchev–Trinajstić information content (AvgIpc) is 4.40. The van der Waals surface area contributed by atoms with Gasteiger partial charge >= 0.3 is 0 Å². The number of carbonyl (C=O) groups excluding carboxylic acids is 8. The van der Waals surface area contributed by atoms with Gasteiger partial charge in [-0.3, -0.25) is 48.3 Å². The summed E-state index contributed by atoms with van der Waals surface area (Å²) in [6, 6.07) is 10.8. The Balaban J connectivity index is 0.841. The summed E-state index contributed by atoms with van der Waals surface area (Å²) in [7, 11) is 3.34. The summed E-state index contributed by atoms with van der Waals surface area (Å²) >= 11 is 0. The first-order valence-corrected chi connectivity index (χ1v) is 29.2. The molecule has 0 saturated carbocycles. The van der Waals surface area contributed by atoms with Crippen LogP contribution in [0.1, 0.15) is 184 Å². The van der Waals surface area contributed by atoms with Gasteiger partial charge in [-0.05, 0) is 177 Å². The van der Waals surface area contributed by atoms with E-state index in [1.54, 1.807) is 62.3 Å². The Morgan fingerprint density at radius 1 is 0.512 bits per heavy atom. The quantitative estimate of drug-likeness (QED) is 0.0206. The molecule has 4 aromatic rings. The Bertz CT molecular complexity index is 2600. The maximum absolute atomic E-state index is 14.2. The summed E-state index contributed by atoms with van der Waals surface area (Å²) < 4.78 is 27.0. The number of likely N-dealkylation sites (N-methyl/N-ethyl adjacent to an activating group) is 2. The van der Waals surface area contributed by atoms with Gasteiger partial charge in [0.15, 0.2) is 11.6 Å². The molecule has 0 unspecified atom stereocenters. The average molecular weight is 1130 g/mol. The van der Waals surface area contributed by atoms with Crippen molar-refractivity contribution in [3.05, 3.63) is 130 Å². The number of pyridine rings is 2. The van der Waals surface area contributed by atoms with Crippen LogP contribution in [0.4, 0.5) is 8.78 Å². The number of ketones is 2. The molecule has 2 aliphatic rings. The molecule has 4 heterocycles. The van der Waals surface area contributed by atoms with Gasteiger partial charge in [-0.25, -0.2) is 8.78 Å². The van der Waals surface area contributed by atoms with Gasteiger partial charge < -0.3 is 41.7 Å². The lowest BCUT2D eigenvalue weighted by atomic mass is 9.99. The summed E-state index contributed by atoms with van der Waals surface area (Å²) in [5.74, 6) is -2.62. The maximum Gasteiger partial charge on any atom is 0.245 e. The third-order valence-electron chi connectivity index (χ3n) is 15.5. The summed E-state index contributed by atoms with van der Waals surface area (Å²) in [6.07, 6.45) is 18.1. The van der Waals surface area contributed by atoms with Gasteiger partial charge in [0.25, 0.3) is 0 Å². The third-order valence-corrected chi connectivity index (χ3v) is 15.5. The van der Waals surface area contributed by atoms with Crippen LogP contribution in [0.2, 0.25) is 0 Å². The number of amides is 6. The molecule has 0 bridgehead atoms. The van der Waals surface area contributed by atoms with Gasteiger partial charge in [0.1, 0.15) is 23.7 Å². The number of nitrogens with zero attached hydrogens (tertiary/aromatic N) is 4. The summed E-state index contributed by atoms with van der Waals surface area (Å²) in [4.78, 5) is 118. The summed E-state index contributed by atoms with van der Waals surface area (Å²) in [5.41, 5.74) is 2.73. The number of rotatable bonds is 33. The maximum atomic E-state index is 14.2. The molecular weight excluding hydrogens is 1050 g/mol. The van der Waals surface area contributed by atoms with Crippen molar-refractivity contribution in [1.82, 2.24) is 51.7 Å². The van der Waals surface area contributed by atoms with Crippen molar-refractivity contribution >= 4 is 47.0 Å². The molecule has 2 aliphatic heterocycles. The number of hydrogen-bond acceptors (Lipinski definition) is 12. The molecule has 20 heteroatoms. The second-order valence-corrected chi connectivity index (χ2v) is 21.5. The van der Waals surface area contributed by atoms with Crippen molar-refractivity contribution in [3.63, 3.8) is 0 Å². The zero-order chi connectivity index (χ0) is 59.0. The van der Waals surface area contributed by atoms with Crippen molar-refractivity contribution in [1.29, 1.82) is 0 Å². The Labute approximate surface area is 480 Å². The van der Waals surface area contributed by atoms with Gasteiger partial charge in [-0.2, -0.15) is 0 Å². The molecule has 6 atom stereocenters. The number of nitrogens with one attached hydrogen (secondary N) is 6. The minimum absolute atomic E-state index is 0.0415. The van der Waals surface area contributed by atoms with Crippen LogP contribution >= 0.6 is 0 Å². The highest BCUT2D eigenvalue weighted by atomic mass is 19.1. The number of carbonyl (C=O) groups is 8. The minimum atomic E-state index is -0.792. The van der Waals surface area contributed by atoms with E-state index < -0.39 is 35.8 Å². The largest absolute Gasteiger partial charge is 0.356 e. The van der Waals surface area contributed by atoms with Crippen LogP contribution in [0, 0.1) is 11.6 Å². The van der Waals surface area contributed by atoms with E-state index in [0.29, 0.717) is 124 Å². The van der Waals surface area contributed by atoms with Crippen molar-refractivity contribution < 1.29 is 47.1 Å². The van der Waals surface area contributed by atoms with E-state index in [1.165, 1.54) is 60.9 Å². The van der Waals surface area contributed by atoms with E-state index >= 15 is 0 Å². The van der Waals surface area contributed by atoms with E-state index in [2.05, 4.69) is 41.9 Å². The third kappa shape index (κ3) is 19.1. The van der Waals surface area contributed by atoms with Crippen LogP contribution < -0.4 is 31.9 Å². The number of benzene rings is 2. The molecule has 6 amide bonds. The van der Waals surface area contributed by atoms with Gasteiger partial charge in [0.05, 0.1) is 24.2 Å². The van der Waals surface area contributed by atoms with Crippen molar-refractivity contribution in [2.75, 3.05) is 40.3 Å². The fraction of sp³-hybridized carbons (Fsp3) is 0.516. The highest BCUT2D eigenvalue weighted by Gasteiger charge is 2.37. The summed E-state index contributed by atoms with van der Waals surface area (Å²) in [5, 5.41) is 17.7. The molecule has 2 saturated heterocycles. The first kappa shape index (κ1) is 63.9. The Kier molecular flexibility index (Phi) is 25.7. The van der Waals surface area contributed by atoms with Gasteiger partial charge in [0, 0.05) is 86.1 Å². The van der Waals surface area contributed by atoms with Crippen molar-refractivity contribution in [2.45, 2.75) is 166 Å². The molecule has 2 aromatic carbocycles. The standard InChI is InChI=1S/C62H82F2N10O8/c1-41(65-3)59(79)71-51(61(81)73-33-15-19-53(73)45-35-47(39-67-37-45)57(77)43-23-27-49(63)28-24-43)17-11-13-31-69-55(75)21-9-7-5-6-8-10-22-56(76)70-32-14-12-18-52(72-60(80)42(2)66-4)62(82)74-34-16-20-54(74)46-36-48(40-68-38-46)58(78)44-25-29-50(64)30-26-44/h23-30,35-42,51-54,65-66H,5-22,31-34H2,1-4H3,(H,69,75)(H,70,76)(H,71,79)(H,72,80)/t41-,42-,51-,52-,53-,54-/m0/s1. The lowest BCUT2D eigenvalue weighted by molar-refractivity contribution is -0.138. The Hall–Kier alpha value is -7.32. The summed E-state index contributed by atoms with van der Waals surface area (Å²) in [6.45, 7) is 5.27. The van der Waals surface area contributed by atoms with Gasteiger partial charge in [-0.1, -0.05) is 25.7 Å². The number of likely N-dealkylation sites (tertiary alicyclic amines) is 2. The Morgan fingerprint density at radius 2 is 0.890 bits per heavy atom. The highest BCUT2D eigenvalue weighted by molar-refractivity contribution is 6.09. The number of hydrogen-bond donors (Lipinski definition) is 6. The SMILES string of the molecule is CN[C@@H](C)C(=O)N[C@@H](CCCCNC(=O)CCCCCCCCC(=O)NCCCC[C@H](NC(=O)[C@H](C)NC)C(=O)N1CCC[C@H]1c1cncc(C(=O)c2ccc(F)cc2)c1)C(=O)N1CCC[C@H]1c1cncc(C(=O)c2ccc(F)cc2)c1. The molecule has 442 valence electrons. The second-order valence-electron chi connectivity index (χ2n) is 21.5. The lowest BCUT2D eigenvalue weighted by Gasteiger charge is -2.30. The lowest BCUT2D eigenvalue weighted by Crippen LogP contribution is -2.52. The number of unbranched alkanes of at least 4 members (excludes halogenated alkanes) is 7. The van der Waals surface area contributed by atoms with Crippen LogP contribution in [-0.4, -0.2) is 131 Å². The van der Waals surface area contributed by atoms with E-state index in [4.69, 9.17) is 0 Å². The molecule has 2 aromatic heterocycles. The van der Waals surface area contributed by atoms with Crippen LogP contribution in [0.15, 0.2) is 85.5 Å². The van der Waals surface area contributed by atoms with E-state index in [9.17, 15) is 47.1 Å². The minimum Gasteiger partial charge on any atom is -0.356 e. The molecule has 18 nitrogen and oxygen atoms in total. The normalized spacial score (nSPS) is 16.4. The van der Waals surface area contributed by atoms with E-state index in [1.807, 2.05) is 0 Å². The molecule has 82 heavy (non-hydrogen) atoms. The molecule has 0 aliphatic carbocycles. The van der Waals surface area contributed by atoms with Crippen LogP contribution in [0.5, 0.6) is 0 Å². The first-order chi connectivity index (χ1) is 39.6. The van der Waals surface area contributed by atoms with Gasteiger partial charge in [0.2, 0.25) is 35.4 Å². The molecule has 2 fully saturated rings. The first-order valence-electron chi connectivity index (χ1n) is 29.2. The molecule has 0 spiro atoms. The van der Waals surface area contributed by atoms with Crippen LogP contribution in [0.3, 0.4) is 0 Å². The molecule has 0 radical (unpaired) electrons. The van der Waals surface area contributed by atoms with E-state index in [0.717, 1.165) is 51.4 Å². The zero-order valence-electron chi connectivity index (χ0n) is 47.9. The zero-order valence-corrected chi connectivity index (χ0v) is 47.9. The predicted molar refractivity (Wildman–Crippen MR) is 307 cm³/mol. The van der Waals surface area contributed by atoms with Crippen molar-refractivity contribution in [2.24, 2.45) is 0 Å². The second kappa shape index (κ2) is 33.0. The number of halogens is 2. The molecule has 6 N–H and O–H groups in total.